The molecule has 0 aromatic heterocycles. The van der Waals surface area contributed by atoms with Crippen LogP contribution in [0.15, 0.2) is 22.7 Å². The number of hydrogen-bond donors (Lipinski definition) is 0. The van der Waals surface area contributed by atoms with Gasteiger partial charge in [-0.25, -0.2) is 0 Å². The Hall–Kier alpha value is -0.300. The molecule has 0 fully saturated rings. The van der Waals surface area contributed by atoms with Crippen LogP contribution in [0.25, 0.3) is 0 Å². The van der Waals surface area contributed by atoms with E-state index in [-0.39, 0.29) is 12.7 Å². The molecule has 0 radical (unpaired) electrons. The summed E-state index contributed by atoms with van der Waals surface area (Å²) in [7, 11) is -3.39. The lowest BCUT2D eigenvalue weighted by atomic mass is 10.3. The van der Waals surface area contributed by atoms with Gasteiger partial charge in [-0.05, 0) is 41.1 Å². The van der Waals surface area contributed by atoms with Crippen molar-refractivity contribution in [3.8, 4) is 5.75 Å². The van der Waals surface area contributed by atoms with Crippen LogP contribution in [0.4, 0.5) is 0 Å². The highest BCUT2D eigenvalue weighted by Crippen LogP contribution is 2.29. The third kappa shape index (κ3) is 6.04. The molecule has 0 amide bonds. The number of benzene rings is 1. The van der Waals surface area contributed by atoms with Crippen molar-refractivity contribution in [3.05, 3.63) is 27.7 Å². The lowest BCUT2D eigenvalue weighted by Gasteiger charge is -2.15. The van der Waals surface area contributed by atoms with Gasteiger partial charge < -0.3 is 4.74 Å². The van der Waals surface area contributed by atoms with Crippen LogP contribution >= 0.6 is 27.5 Å². The Morgan fingerprint density at radius 1 is 1.44 bits per heavy atom. The maximum absolute atomic E-state index is 10.8. The first-order valence-corrected chi connectivity index (χ1v) is 8.23. The van der Waals surface area contributed by atoms with Gasteiger partial charge >= 0.3 is 0 Å². The summed E-state index contributed by atoms with van der Waals surface area (Å²) in [6.07, 6.45) is 1.33. The predicted molar refractivity (Wildman–Crippen MR) is 74.7 cm³/mol. The van der Waals surface area contributed by atoms with E-state index in [1.165, 1.54) is 0 Å². The smallest absolute Gasteiger partial charge is 0.264 e. The molecular weight excluding hydrogens is 344 g/mol. The lowest BCUT2D eigenvalue weighted by Crippen LogP contribution is -2.16. The standard InChI is InChI=1S/C11H14BrClO4S/c1-8(5-6-16-18(2,14)15)17-11-4-3-9(13)7-10(11)12/h3-4,7-8H,5-6H2,1-2H3/t8-/m0/s1. The summed E-state index contributed by atoms with van der Waals surface area (Å²) in [5.41, 5.74) is 0. The van der Waals surface area contributed by atoms with E-state index in [2.05, 4.69) is 20.1 Å². The molecule has 0 N–H and O–H groups in total. The fraction of sp³-hybridized carbons (Fsp3) is 0.455. The van der Waals surface area contributed by atoms with Gasteiger partial charge in [0, 0.05) is 11.4 Å². The molecular formula is C11H14BrClO4S. The molecule has 18 heavy (non-hydrogen) atoms. The Bertz CT molecular complexity index is 504. The summed E-state index contributed by atoms with van der Waals surface area (Å²) < 4.78 is 32.6. The number of hydrogen-bond acceptors (Lipinski definition) is 4. The molecule has 0 spiro atoms. The van der Waals surface area contributed by atoms with Crippen LogP contribution in [-0.4, -0.2) is 27.4 Å². The van der Waals surface area contributed by atoms with E-state index in [0.717, 1.165) is 10.7 Å². The molecule has 1 aromatic rings. The average Bonchev–Trinajstić information content (AvgIpc) is 2.20. The van der Waals surface area contributed by atoms with Gasteiger partial charge in [-0.1, -0.05) is 11.6 Å². The topological polar surface area (TPSA) is 52.6 Å². The Morgan fingerprint density at radius 3 is 2.67 bits per heavy atom. The zero-order valence-corrected chi connectivity index (χ0v) is 13.2. The van der Waals surface area contributed by atoms with Crippen molar-refractivity contribution >= 4 is 37.6 Å². The summed E-state index contributed by atoms with van der Waals surface area (Å²) >= 11 is 9.15. The number of halogens is 2. The Balaban J connectivity index is 2.47. The van der Waals surface area contributed by atoms with Gasteiger partial charge in [-0.15, -0.1) is 0 Å². The van der Waals surface area contributed by atoms with Crippen LogP contribution < -0.4 is 4.74 Å². The maximum atomic E-state index is 10.8. The van der Waals surface area contributed by atoms with Gasteiger partial charge in [-0.2, -0.15) is 8.42 Å². The molecule has 0 saturated carbocycles. The predicted octanol–water partition coefficient (Wildman–Crippen LogP) is 3.24. The average molecular weight is 358 g/mol. The Morgan fingerprint density at radius 2 is 2.11 bits per heavy atom. The minimum atomic E-state index is -3.39. The quantitative estimate of drug-likeness (QED) is 0.733. The van der Waals surface area contributed by atoms with Crippen LogP contribution in [0.5, 0.6) is 5.75 Å². The molecule has 0 aliphatic rings. The van der Waals surface area contributed by atoms with Gasteiger partial charge in [0.05, 0.1) is 23.4 Å². The van der Waals surface area contributed by atoms with Gasteiger partial charge in [0.1, 0.15) is 5.75 Å². The molecule has 0 unspecified atom stereocenters. The van der Waals surface area contributed by atoms with E-state index in [0.29, 0.717) is 17.2 Å². The second-order valence-corrected chi connectivity index (χ2v) is 6.75. The molecule has 0 aliphatic carbocycles. The highest BCUT2D eigenvalue weighted by molar-refractivity contribution is 9.10. The first-order valence-electron chi connectivity index (χ1n) is 5.24. The summed E-state index contributed by atoms with van der Waals surface area (Å²) in [6.45, 7) is 1.94. The number of ether oxygens (including phenoxy) is 1. The van der Waals surface area contributed by atoms with Crippen molar-refractivity contribution in [1.29, 1.82) is 0 Å². The highest BCUT2D eigenvalue weighted by atomic mass is 79.9. The second kappa shape index (κ2) is 6.75. The summed E-state index contributed by atoms with van der Waals surface area (Å²) in [4.78, 5) is 0. The van der Waals surface area contributed by atoms with Gasteiger partial charge in [0.2, 0.25) is 0 Å². The summed E-state index contributed by atoms with van der Waals surface area (Å²) in [6, 6.07) is 5.21. The van der Waals surface area contributed by atoms with E-state index in [1.54, 1.807) is 18.2 Å². The van der Waals surface area contributed by atoms with Gasteiger partial charge in [-0.3, -0.25) is 4.18 Å². The van der Waals surface area contributed by atoms with E-state index in [1.807, 2.05) is 6.92 Å². The van der Waals surface area contributed by atoms with E-state index >= 15 is 0 Å². The highest BCUT2D eigenvalue weighted by Gasteiger charge is 2.09. The molecule has 102 valence electrons. The second-order valence-electron chi connectivity index (χ2n) is 3.82. The fourth-order valence-corrected chi connectivity index (χ4v) is 2.39. The summed E-state index contributed by atoms with van der Waals surface area (Å²) in [5.74, 6) is 0.659. The van der Waals surface area contributed by atoms with Crippen molar-refractivity contribution in [3.63, 3.8) is 0 Å². The van der Waals surface area contributed by atoms with Crippen molar-refractivity contribution in [2.75, 3.05) is 12.9 Å². The molecule has 1 aromatic carbocycles. The zero-order chi connectivity index (χ0) is 13.8. The fourth-order valence-electron chi connectivity index (χ4n) is 1.21. The van der Waals surface area contributed by atoms with Crippen molar-refractivity contribution < 1.29 is 17.3 Å². The maximum Gasteiger partial charge on any atom is 0.264 e. The van der Waals surface area contributed by atoms with Crippen molar-refractivity contribution in [2.24, 2.45) is 0 Å². The molecule has 0 aliphatic heterocycles. The zero-order valence-electron chi connectivity index (χ0n) is 10.0. The third-order valence-electron chi connectivity index (χ3n) is 2.04. The van der Waals surface area contributed by atoms with Gasteiger partial charge in [0.15, 0.2) is 0 Å². The monoisotopic (exact) mass is 356 g/mol. The van der Waals surface area contributed by atoms with E-state index in [9.17, 15) is 8.42 Å². The Kier molecular flexibility index (Phi) is 5.91. The molecule has 0 bridgehead atoms. The largest absolute Gasteiger partial charge is 0.489 e. The minimum Gasteiger partial charge on any atom is -0.489 e. The SMILES string of the molecule is C[C@@H](CCOS(C)(=O)=O)Oc1ccc(Cl)cc1Br. The van der Waals surface area contributed by atoms with Crippen molar-refractivity contribution in [1.82, 2.24) is 0 Å². The van der Waals surface area contributed by atoms with Crippen LogP contribution in [-0.2, 0) is 14.3 Å². The molecule has 7 heteroatoms. The molecule has 0 saturated heterocycles. The summed E-state index contributed by atoms with van der Waals surface area (Å²) in [5, 5.41) is 0.613. The minimum absolute atomic E-state index is 0.102. The first kappa shape index (κ1) is 15.8. The van der Waals surface area contributed by atoms with Crippen LogP contribution in [0.3, 0.4) is 0 Å². The normalized spacial score (nSPS) is 13.3. The van der Waals surface area contributed by atoms with E-state index in [4.69, 9.17) is 16.3 Å². The third-order valence-corrected chi connectivity index (χ3v) is 3.49. The molecule has 0 heterocycles. The lowest BCUT2D eigenvalue weighted by molar-refractivity contribution is 0.179. The van der Waals surface area contributed by atoms with Crippen LogP contribution in [0.2, 0.25) is 5.02 Å². The number of rotatable bonds is 6. The molecule has 4 nitrogen and oxygen atoms in total. The molecule has 1 atom stereocenters. The van der Waals surface area contributed by atoms with E-state index < -0.39 is 10.1 Å². The first-order chi connectivity index (χ1) is 8.28. The van der Waals surface area contributed by atoms with Gasteiger partial charge in [0.25, 0.3) is 10.1 Å². The Labute approximate surface area is 120 Å². The van der Waals surface area contributed by atoms with Crippen LogP contribution in [0, 0.1) is 0 Å². The van der Waals surface area contributed by atoms with Crippen LogP contribution in [0.1, 0.15) is 13.3 Å². The van der Waals surface area contributed by atoms with Crippen molar-refractivity contribution in [2.45, 2.75) is 19.4 Å². The molecule has 1 rings (SSSR count).